The Morgan fingerprint density at radius 2 is 2.10 bits per heavy atom. The Kier molecular flexibility index (Phi) is 3.31. The fourth-order valence-corrected chi connectivity index (χ4v) is 3.36. The molecule has 1 aromatic carbocycles. The van der Waals surface area contributed by atoms with Crippen molar-refractivity contribution < 1.29 is 4.21 Å². The molecule has 0 fully saturated rings. The highest BCUT2D eigenvalue weighted by Crippen LogP contribution is 2.20. The van der Waals surface area contributed by atoms with Gasteiger partial charge in [-0.3, -0.25) is 9.19 Å². The quantitative estimate of drug-likeness (QED) is 0.738. The number of aryl methyl sites for hydroxylation is 2. The minimum Gasteiger partial charge on any atom is -0.310 e. The highest BCUT2D eigenvalue weighted by Gasteiger charge is 2.13. The van der Waals surface area contributed by atoms with Crippen LogP contribution in [0.15, 0.2) is 41.8 Å². The van der Waals surface area contributed by atoms with Gasteiger partial charge in [0.1, 0.15) is 6.33 Å². The molecule has 3 aromatic rings. The summed E-state index contributed by atoms with van der Waals surface area (Å²) in [5.41, 5.74) is 2.88. The van der Waals surface area contributed by atoms with Gasteiger partial charge in [-0.2, -0.15) is 0 Å². The molecule has 5 nitrogen and oxygen atoms in total. The summed E-state index contributed by atoms with van der Waals surface area (Å²) in [5.74, 6) is 0.413. The number of para-hydroxylation sites is 1. The molecule has 2 aromatic heterocycles. The molecule has 0 saturated heterocycles. The zero-order chi connectivity index (χ0) is 14.1. The Morgan fingerprint density at radius 1 is 1.30 bits per heavy atom. The fourth-order valence-electron chi connectivity index (χ4n) is 2.20. The molecule has 2 heterocycles. The number of pyridine rings is 1. The SMILES string of the molecule is Cc1cc(C[S@@](=O)c2nncn2C)c2ccccc2n1. The van der Waals surface area contributed by atoms with Gasteiger partial charge >= 0.3 is 0 Å². The second-order valence-electron chi connectivity index (χ2n) is 4.65. The van der Waals surface area contributed by atoms with Gasteiger partial charge in [0.15, 0.2) is 0 Å². The van der Waals surface area contributed by atoms with Crippen molar-refractivity contribution in [3.63, 3.8) is 0 Å². The minimum atomic E-state index is -1.22. The van der Waals surface area contributed by atoms with Crippen molar-refractivity contribution in [2.75, 3.05) is 0 Å². The fraction of sp³-hybridized carbons (Fsp3) is 0.214. The maximum Gasteiger partial charge on any atom is 0.221 e. The van der Waals surface area contributed by atoms with E-state index in [1.165, 1.54) is 0 Å². The van der Waals surface area contributed by atoms with E-state index in [1.54, 1.807) is 17.9 Å². The summed E-state index contributed by atoms with van der Waals surface area (Å²) in [5, 5.41) is 9.21. The lowest BCUT2D eigenvalue weighted by atomic mass is 10.1. The number of rotatable bonds is 3. The lowest BCUT2D eigenvalue weighted by Gasteiger charge is -2.07. The molecule has 102 valence electrons. The number of hydrogen-bond donors (Lipinski definition) is 0. The standard InChI is InChI=1S/C14H14N4OS/c1-10-7-11(12-5-3-4-6-13(12)16-10)8-20(19)14-17-15-9-18(14)2/h3-7,9H,8H2,1-2H3/t20-/m1/s1. The van der Waals surface area contributed by atoms with Crippen LogP contribution in [-0.4, -0.2) is 24.0 Å². The predicted molar refractivity (Wildman–Crippen MR) is 77.6 cm³/mol. The van der Waals surface area contributed by atoms with Crippen LogP contribution in [0.3, 0.4) is 0 Å². The molecule has 0 unspecified atom stereocenters. The molecule has 0 radical (unpaired) electrons. The van der Waals surface area contributed by atoms with Gasteiger partial charge < -0.3 is 4.57 Å². The molecule has 0 aliphatic rings. The van der Waals surface area contributed by atoms with E-state index in [4.69, 9.17) is 0 Å². The molecule has 20 heavy (non-hydrogen) atoms. The Morgan fingerprint density at radius 3 is 2.85 bits per heavy atom. The summed E-state index contributed by atoms with van der Waals surface area (Å²) < 4.78 is 14.1. The van der Waals surface area contributed by atoms with E-state index in [9.17, 15) is 4.21 Å². The second kappa shape index (κ2) is 5.13. The highest BCUT2D eigenvalue weighted by molar-refractivity contribution is 7.84. The molecular formula is C14H14N4OS. The van der Waals surface area contributed by atoms with Crippen LogP contribution >= 0.6 is 0 Å². The molecule has 0 saturated carbocycles. The van der Waals surface area contributed by atoms with Gasteiger partial charge in [-0.25, -0.2) is 0 Å². The molecule has 0 spiro atoms. The van der Waals surface area contributed by atoms with E-state index in [2.05, 4.69) is 15.2 Å². The van der Waals surface area contributed by atoms with E-state index in [0.717, 1.165) is 22.2 Å². The average Bonchev–Trinajstić information content (AvgIpc) is 2.85. The summed E-state index contributed by atoms with van der Waals surface area (Å²) in [6.45, 7) is 1.95. The maximum atomic E-state index is 12.4. The Bertz CT molecular complexity index is 797. The van der Waals surface area contributed by atoms with Gasteiger partial charge in [-0.15, -0.1) is 10.2 Å². The third-order valence-corrected chi connectivity index (χ3v) is 4.44. The van der Waals surface area contributed by atoms with E-state index in [1.807, 2.05) is 37.3 Å². The molecule has 0 amide bonds. The summed E-state index contributed by atoms with van der Waals surface area (Å²) in [6.07, 6.45) is 1.56. The van der Waals surface area contributed by atoms with Crippen molar-refractivity contribution in [2.24, 2.45) is 7.05 Å². The van der Waals surface area contributed by atoms with Crippen LogP contribution in [0, 0.1) is 6.92 Å². The van der Waals surface area contributed by atoms with Crippen LogP contribution < -0.4 is 0 Å². The van der Waals surface area contributed by atoms with Gasteiger partial charge in [-0.1, -0.05) is 18.2 Å². The number of hydrogen-bond acceptors (Lipinski definition) is 4. The summed E-state index contributed by atoms with van der Waals surface area (Å²) >= 11 is 0. The monoisotopic (exact) mass is 286 g/mol. The lowest BCUT2D eigenvalue weighted by molar-refractivity contribution is 0.664. The van der Waals surface area contributed by atoms with Crippen molar-refractivity contribution in [3.05, 3.63) is 47.9 Å². The average molecular weight is 286 g/mol. The normalized spacial score (nSPS) is 12.7. The number of benzene rings is 1. The van der Waals surface area contributed by atoms with Gasteiger partial charge in [0, 0.05) is 18.1 Å². The van der Waals surface area contributed by atoms with Crippen molar-refractivity contribution in [1.82, 2.24) is 19.7 Å². The Balaban J connectivity index is 2.03. The molecule has 0 aliphatic carbocycles. The predicted octanol–water partition coefficient (Wildman–Crippen LogP) is 1.98. The molecule has 1 atom stereocenters. The van der Waals surface area contributed by atoms with E-state index in [0.29, 0.717) is 10.9 Å². The van der Waals surface area contributed by atoms with Crippen molar-refractivity contribution >= 4 is 21.7 Å². The largest absolute Gasteiger partial charge is 0.310 e. The smallest absolute Gasteiger partial charge is 0.221 e. The van der Waals surface area contributed by atoms with Gasteiger partial charge in [0.2, 0.25) is 5.16 Å². The highest BCUT2D eigenvalue weighted by atomic mass is 32.2. The number of nitrogens with zero attached hydrogens (tertiary/aromatic N) is 4. The zero-order valence-electron chi connectivity index (χ0n) is 11.3. The first-order chi connectivity index (χ1) is 9.65. The summed E-state index contributed by atoms with van der Waals surface area (Å²) in [7, 11) is 0.577. The minimum absolute atomic E-state index is 0.413. The number of fused-ring (bicyclic) bond motifs is 1. The lowest BCUT2D eigenvalue weighted by Crippen LogP contribution is -2.04. The van der Waals surface area contributed by atoms with Gasteiger partial charge in [-0.05, 0) is 24.6 Å². The zero-order valence-corrected chi connectivity index (χ0v) is 12.1. The first kappa shape index (κ1) is 12.9. The molecular weight excluding hydrogens is 272 g/mol. The van der Waals surface area contributed by atoms with Crippen molar-refractivity contribution in [3.8, 4) is 0 Å². The maximum absolute atomic E-state index is 12.4. The molecule has 3 rings (SSSR count). The van der Waals surface area contributed by atoms with Crippen molar-refractivity contribution in [1.29, 1.82) is 0 Å². The van der Waals surface area contributed by atoms with Crippen LogP contribution in [-0.2, 0) is 23.6 Å². The topological polar surface area (TPSA) is 60.7 Å². The first-order valence-corrected chi connectivity index (χ1v) is 7.54. The molecule has 0 N–H and O–H groups in total. The third kappa shape index (κ3) is 2.34. The van der Waals surface area contributed by atoms with Crippen LogP contribution in [0.2, 0.25) is 0 Å². The van der Waals surface area contributed by atoms with Crippen LogP contribution in [0.1, 0.15) is 11.3 Å². The second-order valence-corrected chi connectivity index (χ2v) is 6.00. The Hall–Kier alpha value is -2.08. The summed E-state index contributed by atoms with van der Waals surface area (Å²) in [4.78, 5) is 4.49. The van der Waals surface area contributed by atoms with Crippen molar-refractivity contribution in [2.45, 2.75) is 17.8 Å². The first-order valence-electron chi connectivity index (χ1n) is 6.23. The number of aromatic nitrogens is 4. The Labute approximate surface area is 119 Å². The van der Waals surface area contributed by atoms with E-state index >= 15 is 0 Å². The van der Waals surface area contributed by atoms with E-state index < -0.39 is 10.8 Å². The summed E-state index contributed by atoms with van der Waals surface area (Å²) in [6, 6.07) is 9.88. The van der Waals surface area contributed by atoms with Gasteiger partial charge in [0.05, 0.1) is 22.1 Å². The van der Waals surface area contributed by atoms with Crippen LogP contribution in [0.25, 0.3) is 10.9 Å². The van der Waals surface area contributed by atoms with Crippen LogP contribution in [0.4, 0.5) is 0 Å². The van der Waals surface area contributed by atoms with E-state index in [-0.39, 0.29) is 0 Å². The van der Waals surface area contributed by atoms with Crippen LogP contribution in [0.5, 0.6) is 0 Å². The third-order valence-electron chi connectivity index (χ3n) is 3.09. The molecule has 0 bridgehead atoms. The van der Waals surface area contributed by atoms with Gasteiger partial charge in [0.25, 0.3) is 0 Å². The molecule has 6 heteroatoms. The molecule has 0 aliphatic heterocycles.